The number of nitrogens with zero attached hydrogens (tertiary/aromatic N) is 1. The highest BCUT2D eigenvalue weighted by atomic mass is 35.5. The predicted molar refractivity (Wildman–Crippen MR) is 107 cm³/mol. The van der Waals surface area contributed by atoms with Crippen LogP contribution in [-0.2, 0) is 4.84 Å². The van der Waals surface area contributed by atoms with Crippen molar-refractivity contribution in [3.8, 4) is 0 Å². The Hall–Kier alpha value is -2.50. The van der Waals surface area contributed by atoms with Crippen molar-refractivity contribution in [3.05, 3.63) is 70.8 Å². The molecule has 2 heterocycles. The van der Waals surface area contributed by atoms with E-state index in [-0.39, 0.29) is 11.6 Å². The maximum Gasteiger partial charge on any atom is 0.321 e. The van der Waals surface area contributed by atoms with Crippen LogP contribution in [0.25, 0.3) is 5.70 Å². The summed E-state index contributed by atoms with van der Waals surface area (Å²) < 4.78 is 0. The number of hydrogen-bond donors (Lipinski definition) is 2. The van der Waals surface area contributed by atoms with E-state index < -0.39 is 0 Å². The highest BCUT2D eigenvalue weighted by Crippen LogP contribution is 2.35. The number of halogens is 1. The van der Waals surface area contributed by atoms with Crippen molar-refractivity contribution >= 4 is 29.0 Å². The summed E-state index contributed by atoms with van der Waals surface area (Å²) >= 11 is 5.96. The molecule has 6 heteroatoms. The van der Waals surface area contributed by atoms with Crippen LogP contribution in [0.3, 0.4) is 0 Å². The van der Waals surface area contributed by atoms with Crippen LogP contribution in [0.2, 0.25) is 5.02 Å². The van der Waals surface area contributed by atoms with Crippen LogP contribution in [0.4, 0.5) is 10.5 Å². The fourth-order valence-electron chi connectivity index (χ4n) is 3.51. The smallest absolute Gasteiger partial charge is 0.321 e. The SMILES string of the molecule is Cc1cccc(NC(=O)N2CCC3(C=C(c4ccc(Cl)cc4)NO3)CC2)c1. The molecule has 0 saturated carbocycles. The van der Waals surface area contributed by atoms with Crippen molar-refractivity contribution in [2.24, 2.45) is 0 Å². The van der Waals surface area contributed by atoms with Gasteiger partial charge in [0.05, 0.1) is 5.70 Å². The predicted octanol–water partition coefficient (Wildman–Crippen LogP) is 4.59. The summed E-state index contributed by atoms with van der Waals surface area (Å²) in [6, 6.07) is 15.4. The summed E-state index contributed by atoms with van der Waals surface area (Å²) in [6.07, 6.45) is 3.63. The number of benzene rings is 2. The summed E-state index contributed by atoms with van der Waals surface area (Å²) in [5.74, 6) is 0. The Kier molecular flexibility index (Phi) is 4.81. The number of hydroxylamine groups is 1. The van der Waals surface area contributed by atoms with Crippen LogP contribution in [0.1, 0.15) is 24.0 Å². The topological polar surface area (TPSA) is 53.6 Å². The molecule has 0 aliphatic carbocycles. The second-order valence-corrected chi connectivity index (χ2v) is 7.56. The van der Waals surface area contributed by atoms with Gasteiger partial charge in [0.2, 0.25) is 0 Å². The van der Waals surface area contributed by atoms with Crippen LogP contribution in [0.5, 0.6) is 0 Å². The maximum atomic E-state index is 12.5. The van der Waals surface area contributed by atoms with Gasteiger partial charge < -0.3 is 10.2 Å². The lowest BCUT2D eigenvalue weighted by atomic mass is 9.90. The van der Waals surface area contributed by atoms with E-state index in [4.69, 9.17) is 16.4 Å². The number of carbonyl (C=O) groups is 1. The molecule has 2 aliphatic rings. The zero-order chi connectivity index (χ0) is 18.9. The lowest BCUT2D eigenvalue weighted by Crippen LogP contribution is -2.48. The molecule has 0 aromatic heterocycles. The van der Waals surface area contributed by atoms with Crippen LogP contribution in [0, 0.1) is 6.92 Å². The first-order valence-electron chi connectivity index (χ1n) is 9.08. The highest BCUT2D eigenvalue weighted by molar-refractivity contribution is 6.30. The molecule has 4 rings (SSSR count). The Labute approximate surface area is 163 Å². The lowest BCUT2D eigenvalue weighted by Gasteiger charge is -2.36. The van der Waals surface area contributed by atoms with Gasteiger partial charge in [-0.05, 0) is 48.4 Å². The molecule has 1 spiro atoms. The number of urea groups is 1. The van der Waals surface area contributed by atoms with Crippen molar-refractivity contribution in [1.82, 2.24) is 10.4 Å². The summed E-state index contributed by atoms with van der Waals surface area (Å²) in [5.41, 5.74) is 6.61. The third-order valence-electron chi connectivity index (χ3n) is 5.09. The molecule has 1 saturated heterocycles. The Morgan fingerprint density at radius 2 is 1.93 bits per heavy atom. The lowest BCUT2D eigenvalue weighted by molar-refractivity contribution is -0.0634. The number of likely N-dealkylation sites (tertiary alicyclic amines) is 1. The molecule has 27 heavy (non-hydrogen) atoms. The van der Waals surface area contributed by atoms with Crippen LogP contribution in [0.15, 0.2) is 54.6 Å². The number of aryl methyl sites for hydroxylation is 1. The third kappa shape index (κ3) is 3.94. The standard InChI is InChI=1S/C21H22ClN3O2/c1-15-3-2-4-18(13-15)23-20(26)25-11-9-21(10-12-25)14-19(24-27-21)16-5-7-17(22)8-6-16/h2-8,13-14,24H,9-12H2,1H3,(H,23,26). The minimum absolute atomic E-state index is 0.0664. The average Bonchev–Trinajstić information content (AvgIpc) is 3.06. The molecular weight excluding hydrogens is 362 g/mol. The maximum absolute atomic E-state index is 12.5. The van der Waals surface area contributed by atoms with Crippen LogP contribution in [-0.4, -0.2) is 29.6 Å². The molecular formula is C21H22ClN3O2. The fourth-order valence-corrected chi connectivity index (χ4v) is 3.64. The fraction of sp³-hybridized carbons (Fsp3) is 0.286. The number of rotatable bonds is 2. The van der Waals surface area contributed by atoms with E-state index in [0.717, 1.165) is 35.4 Å². The van der Waals surface area contributed by atoms with Gasteiger partial charge in [0.15, 0.2) is 0 Å². The van der Waals surface area contributed by atoms with E-state index in [2.05, 4.69) is 16.9 Å². The van der Waals surface area contributed by atoms with Gasteiger partial charge >= 0.3 is 6.03 Å². The first-order valence-corrected chi connectivity index (χ1v) is 9.46. The molecule has 0 bridgehead atoms. The number of amides is 2. The second-order valence-electron chi connectivity index (χ2n) is 7.12. The van der Waals surface area contributed by atoms with Gasteiger partial charge in [0, 0.05) is 36.6 Å². The van der Waals surface area contributed by atoms with Crippen molar-refractivity contribution in [2.45, 2.75) is 25.4 Å². The molecule has 0 radical (unpaired) electrons. The molecule has 5 nitrogen and oxygen atoms in total. The third-order valence-corrected chi connectivity index (χ3v) is 5.35. The molecule has 2 aromatic carbocycles. The van der Waals surface area contributed by atoms with E-state index >= 15 is 0 Å². The molecule has 2 N–H and O–H groups in total. The zero-order valence-corrected chi connectivity index (χ0v) is 15.9. The summed E-state index contributed by atoms with van der Waals surface area (Å²) in [4.78, 5) is 20.3. The minimum Gasteiger partial charge on any atom is -0.324 e. The van der Waals surface area contributed by atoms with Crippen molar-refractivity contribution in [1.29, 1.82) is 0 Å². The van der Waals surface area contributed by atoms with Crippen LogP contribution < -0.4 is 10.8 Å². The normalized spacial score (nSPS) is 18.1. The zero-order valence-electron chi connectivity index (χ0n) is 15.2. The van der Waals surface area contributed by atoms with Gasteiger partial charge in [-0.1, -0.05) is 35.9 Å². The molecule has 0 atom stereocenters. The summed E-state index contributed by atoms with van der Waals surface area (Å²) in [5, 5.41) is 3.68. The van der Waals surface area contributed by atoms with E-state index in [1.54, 1.807) is 0 Å². The van der Waals surface area contributed by atoms with Gasteiger partial charge in [-0.2, -0.15) is 0 Å². The van der Waals surface area contributed by atoms with Gasteiger partial charge in [0.1, 0.15) is 5.60 Å². The molecule has 2 aliphatic heterocycles. The molecule has 0 unspecified atom stereocenters. The van der Waals surface area contributed by atoms with E-state index in [1.807, 2.05) is 60.4 Å². The van der Waals surface area contributed by atoms with E-state index in [9.17, 15) is 4.79 Å². The number of anilines is 1. The largest absolute Gasteiger partial charge is 0.324 e. The van der Waals surface area contributed by atoms with Crippen molar-refractivity contribution in [2.75, 3.05) is 18.4 Å². The number of piperidine rings is 1. The number of hydrogen-bond acceptors (Lipinski definition) is 3. The average molecular weight is 384 g/mol. The Morgan fingerprint density at radius 1 is 1.19 bits per heavy atom. The molecule has 140 valence electrons. The summed E-state index contributed by atoms with van der Waals surface area (Å²) in [6.45, 7) is 3.29. The van der Waals surface area contributed by atoms with E-state index in [0.29, 0.717) is 18.1 Å². The van der Waals surface area contributed by atoms with Gasteiger partial charge in [-0.15, -0.1) is 0 Å². The first kappa shape index (κ1) is 17.9. The number of carbonyl (C=O) groups excluding carboxylic acids is 1. The van der Waals surface area contributed by atoms with Crippen molar-refractivity contribution < 1.29 is 9.63 Å². The van der Waals surface area contributed by atoms with Gasteiger partial charge in [0.25, 0.3) is 0 Å². The molecule has 2 aromatic rings. The quantitative estimate of drug-likeness (QED) is 0.797. The molecule has 1 fully saturated rings. The summed E-state index contributed by atoms with van der Waals surface area (Å²) in [7, 11) is 0. The second kappa shape index (κ2) is 7.25. The van der Waals surface area contributed by atoms with E-state index in [1.165, 1.54) is 0 Å². The van der Waals surface area contributed by atoms with Gasteiger partial charge in [-0.3, -0.25) is 10.3 Å². The van der Waals surface area contributed by atoms with Crippen LogP contribution >= 0.6 is 11.6 Å². The highest BCUT2D eigenvalue weighted by Gasteiger charge is 2.39. The number of nitrogens with one attached hydrogen (secondary N) is 2. The minimum atomic E-state index is -0.366. The Bertz CT molecular complexity index is 871. The van der Waals surface area contributed by atoms with Crippen molar-refractivity contribution in [3.63, 3.8) is 0 Å². The first-order chi connectivity index (χ1) is 13.0. The Morgan fingerprint density at radius 3 is 2.63 bits per heavy atom. The monoisotopic (exact) mass is 383 g/mol. The molecule has 2 amide bonds. The van der Waals surface area contributed by atoms with Gasteiger partial charge in [-0.25, -0.2) is 4.79 Å². The Balaban J connectivity index is 1.38.